The number of para-hydroxylation sites is 8. The molecule has 0 spiro atoms. The van der Waals surface area contributed by atoms with E-state index in [4.69, 9.17) is 0 Å². The molecule has 6 heteroatoms. The van der Waals surface area contributed by atoms with Gasteiger partial charge in [0.15, 0.2) is 0 Å². The second-order valence-electron chi connectivity index (χ2n) is 18.6. The van der Waals surface area contributed by atoms with Crippen molar-refractivity contribution in [3.63, 3.8) is 0 Å². The van der Waals surface area contributed by atoms with Crippen LogP contribution in [0.2, 0.25) is 0 Å². The van der Waals surface area contributed by atoms with Crippen LogP contribution in [0.3, 0.4) is 0 Å². The lowest BCUT2D eigenvalue weighted by molar-refractivity contribution is 1.13. The van der Waals surface area contributed by atoms with E-state index in [0.29, 0.717) is 0 Å². The van der Waals surface area contributed by atoms with Crippen molar-refractivity contribution in [2.45, 2.75) is 0 Å². The minimum Gasteiger partial charge on any atom is -0.341 e. The van der Waals surface area contributed by atoms with Gasteiger partial charge in [-0.1, -0.05) is 109 Å². The van der Waals surface area contributed by atoms with Crippen molar-refractivity contribution in [1.82, 2.24) is 0 Å². The van der Waals surface area contributed by atoms with Crippen LogP contribution in [-0.4, -0.2) is 14.1 Å². The zero-order valence-corrected chi connectivity index (χ0v) is 40.0. The van der Waals surface area contributed by atoms with Crippen molar-refractivity contribution in [1.29, 1.82) is 0 Å². The van der Waals surface area contributed by atoms with Gasteiger partial charge in [0.1, 0.15) is 0 Å². The summed E-state index contributed by atoms with van der Waals surface area (Å²) in [5.41, 5.74) is 16.4. The van der Waals surface area contributed by atoms with Crippen LogP contribution < -0.4 is 19.6 Å². The number of rotatable bonds is 4. The van der Waals surface area contributed by atoms with E-state index in [9.17, 15) is 0 Å². The molecule has 2 aliphatic rings. The summed E-state index contributed by atoms with van der Waals surface area (Å²) in [5.74, 6) is 0. The molecule has 4 nitrogen and oxygen atoms in total. The number of thiophene rings is 2. The lowest BCUT2D eigenvalue weighted by Gasteiger charge is -2.39. The number of fused-ring (bicyclic) bond motifs is 12. The summed E-state index contributed by atoms with van der Waals surface area (Å²) in [7, 11) is 4.36. The number of hydrogen-bond acceptors (Lipinski definition) is 6. The van der Waals surface area contributed by atoms with Gasteiger partial charge in [-0.25, -0.2) is 0 Å². The maximum atomic E-state index is 2.47. The third-order valence-corrected chi connectivity index (χ3v) is 17.2. The van der Waals surface area contributed by atoms with Crippen LogP contribution in [-0.2, 0) is 0 Å². The molecule has 4 heterocycles. The summed E-state index contributed by atoms with van der Waals surface area (Å²) >= 11 is 3.74. The lowest BCUT2D eigenvalue weighted by Crippen LogP contribution is -2.24. The first-order valence-corrected chi connectivity index (χ1v) is 25.5. The van der Waals surface area contributed by atoms with E-state index in [2.05, 4.69) is 252 Å². The smallest absolute Gasteiger partial charge is 0.0699 e. The Morgan fingerprint density at radius 1 is 0.257 bits per heavy atom. The fraction of sp³-hybridized carbons (Fsp3) is 0.0312. The predicted molar refractivity (Wildman–Crippen MR) is 304 cm³/mol. The maximum Gasteiger partial charge on any atom is 0.0699 e. The van der Waals surface area contributed by atoms with Crippen LogP contribution in [0.4, 0.5) is 56.9 Å². The highest BCUT2D eigenvalue weighted by molar-refractivity contribution is 7.26. The molecule has 15 rings (SSSR count). The first kappa shape index (κ1) is 39.6. The highest BCUT2D eigenvalue weighted by Gasteiger charge is 2.30. The summed E-state index contributed by atoms with van der Waals surface area (Å²) in [5, 5.41) is 10.0. The van der Waals surface area contributed by atoms with E-state index in [0.717, 1.165) is 34.1 Å². The quantitative estimate of drug-likeness (QED) is 0.163. The molecule has 0 saturated carbocycles. The Balaban J connectivity index is 1.08. The standard InChI is InChI=1S/C64H42N4S2/c1-65-51-17-5-9-21-55(51)67(56-22-10-6-18-52(56)65)41-29-31-45-49(37-41)63(39-27-33-61-47(35-39)43-15-3-13-25-59(43)69-61)46-32-30-42(68-57-23-11-7-19-53(57)66(2)54-20-8-12-24-58(54)68)38-50(46)64(45)40-28-34-62-48(36-40)44-16-4-14-26-60(44)70-62/h3-38H,1-2H3. The molecule has 11 aromatic carbocycles. The van der Waals surface area contributed by atoms with Gasteiger partial charge >= 0.3 is 0 Å². The number of nitrogens with zero attached hydrogens (tertiary/aromatic N) is 4. The van der Waals surface area contributed by atoms with Crippen molar-refractivity contribution < 1.29 is 0 Å². The van der Waals surface area contributed by atoms with Crippen LogP contribution >= 0.6 is 22.7 Å². The van der Waals surface area contributed by atoms with E-state index in [1.54, 1.807) is 0 Å². The Kier molecular flexibility index (Phi) is 8.50. The fourth-order valence-corrected chi connectivity index (χ4v) is 13.9. The Morgan fingerprint density at radius 3 is 0.971 bits per heavy atom. The van der Waals surface area contributed by atoms with Crippen LogP contribution in [0.1, 0.15) is 0 Å². The Hall–Kier alpha value is -8.42. The topological polar surface area (TPSA) is 13.0 Å². The van der Waals surface area contributed by atoms with E-state index < -0.39 is 0 Å². The molecule has 13 aromatic rings. The molecule has 0 radical (unpaired) electrons. The van der Waals surface area contributed by atoms with Crippen LogP contribution in [0.15, 0.2) is 218 Å². The zero-order chi connectivity index (χ0) is 46.2. The molecule has 0 fully saturated rings. The van der Waals surface area contributed by atoms with Crippen molar-refractivity contribution in [2.24, 2.45) is 0 Å². The third kappa shape index (κ3) is 5.69. The average molecular weight is 931 g/mol. The summed E-state index contributed by atoms with van der Waals surface area (Å²) in [4.78, 5) is 9.56. The Bertz CT molecular complexity index is 3960. The molecule has 330 valence electrons. The van der Waals surface area contributed by atoms with Gasteiger partial charge in [-0.05, 0) is 153 Å². The van der Waals surface area contributed by atoms with Crippen molar-refractivity contribution in [3.05, 3.63) is 218 Å². The number of benzene rings is 11. The highest BCUT2D eigenvalue weighted by Crippen LogP contribution is 2.55. The third-order valence-electron chi connectivity index (χ3n) is 14.9. The number of anilines is 10. The van der Waals surface area contributed by atoms with Crippen molar-refractivity contribution >= 4 is 141 Å². The second-order valence-corrected chi connectivity index (χ2v) is 20.7. The Labute approximate surface area is 413 Å². The molecule has 0 bridgehead atoms. The van der Waals surface area contributed by atoms with E-state index in [1.807, 2.05) is 22.7 Å². The maximum absolute atomic E-state index is 2.47. The van der Waals surface area contributed by atoms with Gasteiger partial charge < -0.3 is 19.6 Å². The molecule has 0 saturated heterocycles. The molecule has 70 heavy (non-hydrogen) atoms. The second kappa shape index (κ2) is 15.0. The van der Waals surface area contributed by atoms with Crippen LogP contribution in [0.25, 0.3) is 84.1 Å². The van der Waals surface area contributed by atoms with Gasteiger partial charge in [-0.3, -0.25) is 0 Å². The van der Waals surface area contributed by atoms with Crippen LogP contribution in [0, 0.1) is 0 Å². The fourth-order valence-electron chi connectivity index (χ4n) is 11.7. The summed E-state index contributed by atoms with van der Waals surface area (Å²) in [6, 6.07) is 81.7. The van der Waals surface area contributed by atoms with E-state index in [1.165, 1.54) is 107 Å². The molecule has 0 unspecified atom stereocenters. The normalized spacial score (nSPS) is 13.2. The minimum atomic E-state index is 1.12. The zero-order valence-electron chi connectivity index (χ0n) is 38.4. The van der Waals surface area contributed by atoms with E-state index in [-0.39, 0.29) is 0 Å². The minimum absolute atomic E-state index is 1.12. The van der Waals surface area contributed by atoms with Crippen molar-refractivity contribution in [2.75, 3.05) is 33.7 Å². The molecule has 2 aromatic heterocycles. The molecule has 0 amide bonds. The molecular weight excluding hydrogens is 889 g/mol. The monoisotopic (exact) mass is 930 g/mol. The van der Waals surface area contributed by atoms with Gasteiger partial charge in [0, 0.05) is 65.8 Å². The highest BCUT2D eigenvalue weighted by atomic mass is 32.1. The van der Waals surface area contributed by atoms with Gasteiger partial charge in [0.2, 0.25) is 0 Å². The molecule has 0 atom stereocenters. The Morgan fingerprint density at radius 2 is 0.586 bits per heavy atom. The van der Waals surface area contributed by atoms with Gasteiger partial charge in [0.05, 0.1) is 45.5 Å². The summed E-state index contributed by atoms with van der Waals surface area (Å²) in [6.07, 6.45) is 0. The SMILES string of the molecule is CN1c2ccccc2N(c2ccc3c(-c4ccc5sc6ccccc6c5c4)c4cc(N5c6ccccc6N(C)c6ccccc65)ccc4c(-c4ccc5sc6ccccc6c5c4)c3c2)c2ccccc21. The molecule has 2 aliphatic heterocycles. The average Bonchev–Trinajstić information content (AvgIpc) is 3.98. The van der Waals surface area contributed by atoms with Gasteiger partial charge in [-0.2, -0.15) is 0 Å². The number of hydrogen-bond donors (Lipinski definition) is 0. The molecule has 0 aliphatic carbocycles. The van der Waals surface area contributed by atoms with Gasteiger partial charge in [0.25, 0.3) is 0 Å². The van der Waals surface area contributed by atoms with Crippen molar-refractivity contribution in [3.8, 4) is 22.3 Å². The summed E-state index contributed by atoms with van der Waals surface area (Å²) < 4.78 is 5.21. The van der Waals surface area contributed by atoms with Crippen LogP contribution in [0.5, 0.6) is 0 Å². The molecule has 0 N–H and O–H groups in total. The van der Waals surface area contributed by atoms with E-state index >= 15 is 0 Å². The lowest BCUT2D eigenvalue weighted by atomic mass is 9.84. The first-order chi connectivity index (χ1) is 34.6. The largest absolute Gasteiger partial charge is 0.341 e. The first-order valence-electron chi connectivity index (χ1n) is 23.9. The molecular formula is C64H42N4S2. The van der Waals surface area contributed by atoms with Gasteiger partial charge in [-0.15, -0.1) is 22.7 Å². The summed E-state index contributed by atoms with van der Waals surface area (Å²) in [6.45, 7) is 0. The predicted octanol–water partition coefficient (Wildman–Crippen LogP) is 19.2.